The zero-order valence-electron chi connectivity index (χ0n) is 8.69. The average molecular weight is 237 g/mol. The third-order valence-electron chi connectivity index (χ3n) is 2.14. The molecule has 2 N–H and O–H groups in total. The van der Waals surface area contributed by atoms with Gasteiger partial charge in [-0.05, 0) is 24.2 Å². The molecular weight excluding hydrogens is 225 g/mol. The maximum atomic E-state index is 12.7. The molecule has 0 radical (unpaired) electrons. The molecule has 0 fully saturated rings. The molecule has 1 heterocycles. The van der Waals surface area contributed by atoms with Crippen molar-refractivity contribution in [1.29, 1.82) is 0 Å². The molecule has 1 aromatic carbocycles. The van der Waals surface area contributed by atoms with Crippen LogP contribution in [0.2, 0.25) is 0 Å². The van der Waals surface area contributed by atoms with E-state index in [0.717, 1.165) is 22.0 Å². The molecule has 3 nitrogen and oxygen atoms in total. The highest BCUT2D eigenvalue weighted by atomic mass is 32.1. The SMILES string of the molecule is NCCc1nnc(Cc2ccc(F)cc2)s1. The van der Waals surface area contributed by atoms with E-state index in [-0.39, 0.29) is 5.82 Å². The number of hydrogen-bond acceptors (Lipinski definition) is 4. The lowest BCUT2D eigenvalue weighted by Crippen LogP contribution is -2.01. The van der Waals surface area contributed by atoms with Gasteiger partial charge in [-0.15, -0.1) is 21.5 Å². The fraction of sp³-hybridized carbons (Fsp3) is 0.273. The van der Waals surface area contributed by atoms with Crippen molar-refractivity contribution in [1.82, 2.24) is 10.2 Å². The molecule has 0 atom stereocenters. The Balaban J connectivity index is 2.05. The lowest BCUT2D eigenvalue weighted by atomic mass is 10.2. The minimum atomic E-state index is -0.218. The van der Waals surface area contributed by atoms with Gasteiger partial charge in [0.1, 0.15) is 15.8 Å². The third kappa shape index (κ3) is 2.84. The van der Waals surface area contributed by atoms with Crippen LogP contribution in [0, 0.1) is 5.82 Å². The zero-order valence-corrected chi connectivity index (χ0v) is 9.51. The van der Waals surface area contributed by atoms with Crippen LogP contribution >= 0.6 is 11.3 Å². The molecule has 0 saturated carbocycles. The Morgan fingerprint density at radius 2 is 1.81 bits per heavy atom. The van der Waals surface area contributed by atoms with Gasteiger partial charge in [0.2, 0.25) is 0 Å². The summed E-state index contributed by atoms with van der Waals surface area (Å²) in [4.78, 5) is 0. The summed E-state index contributed by atoms with van der Waals surface area (Å²) in [6.45, 7) is 0.588. The Bertz CT molecular complexity index is 453. The second-order valence-electron chi connectivity index (χ2n) is 3.43. The van der Waals surface area contributed by atoms with Crippen molar-refractivity contribution >= 4 is 11.3 Å². The molecule has 0 aliphatic heterocycles. The monoisotopic (exact) mass is 237 g/mol. The third-order valence-corrected chi connectivity index (χ3v) is 3.12. The highest BCUT2D eigenvalue weighted by Crippen LogP contribution is 2.15. The largest absolute Gasteiger partial charge is 0.330 e. The van der Waals surface area contributed by atoms with Crippen LogP contribution in [-0.2, 0) is 12.8 Å². The van der Waals surface area contributed by atoms with Gasteiger partial charge in [-0.2, -0.15) is 0 Å². The molecule has 1 aromatic heterocycles. The quantitative estimate of drug-likeness (QED) is 0.881. The van der Waals surface area contributed by atoms with Crippen molar-refractivity contribution in [3.8, 4) is 0 Å². The first-order valence-corrected chi connectivity index (χ1v) is 5.85. The Labute approximate surface area is 97.1 Å². The number of rotatable bonds is 4. The molecule has 0 unspecified atom stereocenters. The van der Waals surface area contributed by atoms with Gasteiger partial charge >= 0.3 is 0 Å². The molecule has 0 spiro atoms. The fourth-order valence-electron chi connectivity index (χ4n) is 1.36. The van der Waals surface area contributed by atoms with Crippen molar-refractivity contribution in [3.05, 3.63) is 45.7 Å². The van der Waals surface area contributed by atoms with Crippen molar-refractivity contribution in [2.75, 3.05) is 6.54 Å². The first-order valence-electron chi connectivity index (χ1n) is 5.03. The van der Waals surface area contributed by atoms with Crippen molar-refractivity contribution in [2.24, 2.45) is 5.73 Å². The van der Waals surface area contributed by atoms with E-state index in [1.165, 1.54) is 12.1 Å². The molecule has 2 rings (SSSR count). The molecule has 0 aliphatic carbocycles. The van der Waals surface area contributed by atoms with Gasteiger partial charge in [0.15, 0.2) is 0 Å². The Morgan fingerprint density at radius 3 is 2.50 bits per heavy atom. The fourth-order valence-corrected chi connectivity index (χ4v) is 2.26. The predicted octanol–water partition coefficient (Wildman–Crippen LogP) is 1.77. The second kappa shape index (κ2) is 5.14. The second-order valence-corrected chi connectivity index (χ2v) is 4.58. The number of nitrogens with two attached hydrogens (primary N) is 1. The highest BCUT2D eigenvalue weighted by Gasteiger charge is 2.04. The molecule has 5 heteroatoms. The molecule has 0 aliphatic rings. The maximum absolute atomic E-state index is 12.7. The summed E-state index contributed by atoms with van der Waals surface area (Å²) in [6, 6.07) is 6.44. The van der Waals surface area contributed by atoms with Gasteiger partial charge in [0, 0.05) is 12.8 Å². The van der Waals surface area contributed by atoms with E-state index in [2.05, 4.69) is 10.2 Å². The summed E-state index contributed by atoms with van der Waals surface area (Å²) < 4.78 is 12.7. The Hall–Kier alpha value is -1.33. The van der Waals surface area contributed by atoms with E-state index in [1.54, 1.807) is 23.5 Å². The number of hydrogen-bond donors (Lipinski definition) is 1. The van der Waals surface area contributed by atoms with Crippen LogP contribution < -0.4 is 5.73 Å². The minimum Gasteiger partial charge on any atom is -0.330 e. The maximum Gasteiger partial charge on any atom is 0.123 e. The predicted molar refractivity (Wildman–Crippen MR) is 61.9 cm³/mol. The van der Waals surface area contributed by atoms with E-state index in [9.17, 15) is 4.39 Å². The van der Waals surface area contributed by atoms with Crippen LogP contribution in [0.25, 0.3) is 0 Å². The van der Waals surface area contributed by atoms with Crippen molar-refractivity contribution in [3.63, 3.8) is 0 Å². The van der Waals surface area contributed by atoms with Crippen LogP contribution in [0.4, 0.5) is 4.39 Å². The first kappa shape index (κ1) is 11.2. The minimum absolute atomic E-state index is 0.218. The van der Waals surface area contributed by atoms with Crippen molar-refractivity contribution in [2.45, 2.75) is 12.8 Å². The molecule has 0 amide bonds. The topological polar surface area (TPSA) is 51.8 Å². The summed E-state index contributed by atoms with van der Waals surface area (Å²) in [6.07, 6.45) is 1.46. The molecular formula is C11H12FN3S. The van der Waals surface area contributed by atoms with Crippen molar-refractivity contribution < 1.29 is 4.39 Å². The highest BCUT2D eigenvalue weighted by molar-refractivity contribution is 7.11. The summed E-state index contributed by atoms with van der Waals surface area (Å²) in [5.74, 6) is -0.218. The van der Waals surface area contributed by atoms with E-state index in [4.69, 9.17) is 5.73 Å². The summed E-state index contributed by atoms with van der Waals surface area (Å²) in [5.41, 5.74) is 6.47. The molecule has 84 valence electrons. The van der Waals surface area contributed by atoms with Gasteiger partial charge in [0.25, 0.3) is 0 Å². The average Bonchev–Trinajstić information content (AvgIpc) is 2.70. The lowest BCUT2D eigenvalue weighted by Gasteiger charge is -1.96. The smallest absolute Gasteiger partial charge is 0.123 e. The molecule has 0 saturated heterocycles. The standard InChI is InChI=1S/C11H12FN3S/c12-9-3-1-8(2-4-9)7-11-15-14-10(16-11)5-6-13/h1-4H,5-7,13H2. The number of benzene rings is 1. The van der Waals surface area contributed by atoms with Crippen LogP contribution in [-0.4, -0.2) is 16.7 Å². The summed E-state index contributed by atoms with van der Waals surface area (Å²) in [5, 5.41) is 10.0. The van der Waals surface area contributed by atoms with Crippen LogP contribution in [0.5, 0.6) is 0 Å². The molecule has 2 aromatic rings. The number of halogens is 1. The zero-order chi connectivity index (χ0) is 11.4. The Morgan fingerprint density at radius 1 is 1.12 bits per heavy atom. The van der Waals surface area contributed by atoms with Crippen LogP contribution in [0.1, 0.15) is 15.6 Å². The van der Waals surface area contributed by atoms with Gasteiger partial charge < -0.3 is 5.73 Å². The Kier molecular flexibility index (Phi) is 3.58. The first-order chi connectivity index (χ1) is 7.78. The van der Waals surface area contributed by atoms with Crippen LogP contribution in [0.3, 0.4) is 0 Å². The van der Waals surface area contributed by atoms with Gasteiger partial charge in [-0.25, -0.2) is 4.39 Å². The normalized spacial score (nSPS) is 10.6. The van der Waals surface area contributed by atoms with Gasteiger partial charge in [-0.3, -0.25) is 0 Å². The van der Waals surface area contributed by atoms with Gasteiger partial charge in [-0.1, -0.05) is 12.1 Å². The van der Waals surface area contributed by atoms with Gasteiger partial charge in [0.05, 0.1) is 0 Å². The summed E-state index contributed by atoms with van der Waals surface area (Å²) >= 11 is 1.56. The molecule has 0 bridgehead atoms. The number of aromatic nitrogens is 2. The lowest BCUT2D eigenvalue weighted by molar-refractivity contribution is 0.627. The number of nitrogens with zero attached hydrogens (tertiary/aromatic N) is 2. The van der Waals surface area contributed by atoms with E-state index in [0.29, 0.717) is 13.0 Å². The summed E-state index contributed by atoms with van der Waals surface area (Å²) in [7, 11) is 0. The van der Waals surface area contributed by atoms with E-state index < -0.39 is 0 Å². The molecule has 16 heavy (non-hydrogen) atoms. The van der Waals surface area contributed by atoms with Crippen LogP contribution in [0.15, 0.2) is 24.3 Å². The van der Waals surface area contributed by atoms with E-state index in [1.807, 2.05) is 0 Å². The van der Waals surface area contributed by atoms with E-state index >= 15 is 0 Å².